The van der Waals surface area contributed by atoms with Gasteiger partial charge in [-0.2, -0.15) is 0 Å². The fourth-order valence-corrected chi connectivity index (χ4v) is 3.79. The molecule has 2 N–H and O–H groups in total. The largest absolute Gasteiger partial charge is 0.341 e. The van der Waals surface area contributed by atoms with Crippen LogP contribution in [0.5, 0.6) is 0 Å². The first kappa shape index (κ1) is 18.2. The molecule has 0 unspecified atom stereocenters. The number of thiophene rings is 1. The Bertz CT molecular complexity index is 841. The molecule has 0 atom stereocenters. The standard InChI is InChI=1S/C15H18N4O3S2/c1-4-6-19-13(21)10-7-9(5-2)24-12(10)18-15(19)23-8-11(20)17-14(22)16-3/h4,7H,1,5-6,8H2,2-3H3,(H2,16,17,20,22). The van der Waals surface area contributed by atoms with Crippen LogP contribution in [-0.2, 0) is 17.8 Å². The van der Waals surface area contributed by atoms with Gasteiger partial charge in [-0.15, -0.1) is 17.9 Å². The molecule has 0 aromatic carbocycles. The Morgan fingerprint density at radius 1 is 1.50 bits per heavy atom. The van der Waals surface area contributed by atoms with Gasteiger partial charge in [0.2, 0.25) is 5.91 Å². The molecule has 0 saturated heterocycles. The van der Waals surface area contributed by atoms with Gasteiger partial charge in [0.25, 0.3) is 5.56 Å². The number of thioether (sulfide) groups is 1. The fourth-order valence-electron chi connectivity index (χ4n) is 1.98. The lowest BCUT2D eigenvalue weighted by Gasteiger charge is -2.09. The minimum atomic E-state index is -0.571. The van der Waals surface area contributed by atoms with Crippen LogP contribution >= 0.6 is 23.1 Å². The third kappa shape index (κ3) is 4.04. The summed E-state index contributed by atoms with van der Waals surface area (Å²) in [7, 11) is 1.43. The summed E-state index contributed by atoms with van der Waals surface area (Å²) in [6.07, 6.45) is 2.44. The average molecular weight is 366 g/mol. The van der Waals surface area contributed by atoms with Crippen molar-refractivity contribution in [3.63, 3.8) is 0 Å². The molecule has 0 aliphatic rings. The SMILES string of the molecule is C=CCn1c(SCC(=O)NC(=O)NC)nc2sc(CC)cc2c1=O. The number of urea groups is 1. The number of nitrogens with zero attached hydrogens (tertiary/aromatic N) is 2. The molecule has 0 bridgehead atoms. The Morgan fingerprint density at radius 2 is 2.25 bits per heavy atom. The van der Waals surface area contributed by atoms with Crippen LogP contribution in [-0.4, -0.2) is 34.3 Å². The molecule has 2 rings (SSSR count). The van der Waals surface area contributed by atoms with E-state index in [1.54, 1.807) is 6.08 Å². The van der Waals surface area contributed by atoms with Crippen LogP contribution in [0.2, 0.25) is 0 Å². The van der Waals surface area contributed by atoms with Gasteiger partial charge in [0.15, 0.2) is 5.16 Å². The van der Waals surface area contributed by atoms with Crippen molar-refractivity contribution >= 4 is 45.3 Å². The zero-order valence-corrected chi connectivity index (χ0v) is 15.1. The molecular weight excluding hydrogens is 348 g/mol. The van der Waals surface area contributed by atoms with Crippen molar-refractivity contribution in [2.24, 2.45) is 0 Å². The third-order valence-corrected chi connectivity index (χ3v) is 5.29. The minimum absolute atomic E-state index is 0.0193. The van der Waals surface area contributed by atoms with E-state index in [0.717, 1.165) is 23.1 Å². The summed E-state index contributed by atoms with van der Waals surface area (Å²) in [5.74, 6) is -0.478. The molecule has 0 fully saturated rings. The van der Waals surface area contributed by atoms with Crippen LogP contribution in [0.3, 0.4) is 0 Å². The Balaban J connectivity index is 2.32. The normalized spacial score (nSPS) is 10.6. The monoisotopic (exact) mass is 366 g/mol. The Hall–Kier alpha value is -2.13. The highest BCUT2D eigenvalue weighted by atomic mass is 32.2. The van der Waals surface area contributed by atoms with E-state index >= 15 is 0 Å². The molecule has 24 heavy (non-hydrogen) atoms. The van der Waals surface area contributed by atoms with Crippen LogP contribution in [0.25, 0.3) is 10.2 Å². The van der Waals surface area contributed by atoms with E-state index in [-0.39, 0.29) is 11.3 Å². The van der Waals surface area contributed by atoms with Crippen molar-refractivity contribution in [3.05, 3.63) is 34.0 Å². The van der Waals surface area contributed by atoms with Crippen LogP contribution < -0.4 is 16.2 Å². The summed E-state index contributed by atoms with van der Waals surface area (Å²) >= 11 is 2.58. The number of nitrogens with one attached hydrogen (secondary N) is 2. The van der Waals surface area contributed by atoms with Crippen molar-refractivity contribution in [2.45, 2.75) is 25.0 Å². The number of fused-ring (bicyclic) bond motifs is 1. The lowest BCUT2D eigenvalue weighted by molar-refractivity contribution is -0.117. The molecule has 2 aromatic heterocycles. The number of carbonyl (C=O) groups is 2. The maximum Gasteiger partial charge on any atom is 0.321 e. The number of rotatable bonds is 6. The average Bonchev–Trinajstić information content (AvgIpc) is 2.99. The van der Waals surface area contributed by atoms with Crippen LogP contribution in [0.1, 0.15) is 11.8 Å². The highest BCUT2D eigenvalue weighted by Crippen LogP contribution is 2.25. The predicted octanol–water partition coefficient (Wildman–Crippen LogP) is 1.75. The topological polar surface area (TPSA) is 93.1 Å². The van der Waals surface area contributed by atoms with Crippen molar-refractivity contribution in [1.29, 1.82) is 0 Å². The van der Waals surface area contributed by atoms with Crippen molar-refractivity contribution in [2.75, 3.05) is 12.8 Å². The number of hydrogen-bond donors (Lipinski definition) is 2. The molecule has 7 nitrogen and oxygen atoms in total. The fraction of sp³-hybridized carbons (Fsp3) is 0.333. The number of hydrogen-bond acceptors (Lipinski definition) is 6. The number of carbonyl (C=O) groups excluding carboxylic acids is 2. The van der Waals surface area contributed by atoms with Gasteiger partial charge in [-0.05, 0) is 12.5 Å². The molecule has 9 heteroatoms. The second-order valence-electron chi connectivity index (χ2n) is 4.80. The van der Waals surface area contributed by atoms with E-state index in [0.29, 0.717) is 21.9 Å². The minimum Gasteiger partial charge on any atom is -0.341 e. The van der Waals surface area contributed by atoms with Gasteiger partial charge in [0.05, 0.1) is 11.1 Å². The summed E-state index contributed by atoms with van der Waals surface area (Å²) in [5.41, 5.74) is -0.148. The Labute approximate surface area is 147 Å². The van der Waals surface area contributed by atoms with Crippen LogP contribution in [0.15, 0.2) is 28.7 Å². The number of amides is 3. The Kier molecular flexibility index (Phi) is 6.16. The molecule has 128 valence electrons. The van der Waals surface area contributed by atoms with Crippen molar-refractivity contribution in [1.82, 2.24) is 20.2 Å². The molecule has 0 spiro atoms. The summed E-state index contributed by atoms with van der Waals surface area (Å²) in [6.45, 7) is 5.98. The van der Waals surface area contributed by atoms with Crippen LogP contribution in [0.4, 0.5) is 4.79 Å². The van der Waals surface area contributed by atoms with E-state index in [9.17, 15) is 14.4 Å². The van der Waals surface area contributed by atoms with Crippen molar-refractivity contribution in [3.8, 4) is 0 Å². The molecular formula is C15H18N4O3S2. The third-order valence-electron chi connectivity index (χ3n) is 3.14. The summed E-state index contributed by atoms with van der Waals surface area (Å²) < 4.78 is 1.49. The number of imide groups is 1. The highest BCUT2D eigenvalue weighted by Gasteiger charge is 2.15. The second kappa shape index (κ2) is 8.11. The quantitative estimate of drug-likeness (QED) is 0.462. The smallest absolute Gasteiger partial charge is 0.321 e. The molecule has 2 heterocycles. The molecule has 3 amide bonds. The lowest BCUT2D eigenvalue weighted by Crippen LogP contribution is -2.38. The van der Waals surface area contributed by atoms with Gasteiger partial charge in [-0.25, -0.2) is 9.78 Å². The molecule has 2 aromatic rings. The van der Waals surface area contributed by atoms with Gasteiger partial charge in [-0.3, -0.25) is 19.5 Å². The van der Waals surface area contributed by atoms with Crippen molar-refractivity contribution < 1.29 is 9.59 Å². The van der Waals surface area contributed by atoms with Gasteiger partial charge in [0, 0.05) is 18.5 Å². The van der Waals surface area contributed by atoms with E-state index in [1.807, 2.05) is 13.0 Å². The van der Waals surface area contributed by atoms with Gasteiger partial charge >= 0.3 is 6.03 Å². The summed E-state index contributed by atoms with van der Waals surface area (Å²) in [6, 6.07) is 1.29. The maximum atomic E-state index is 12.6. The number of allylic oxidation sites excluding steroid dienone is 1. The zero-order chi connectivity index (χ0) is 17.7. The molecule has 0 aliphatic heterocycles. The predicted molar refractivity (Wildman–Crippen MR) is 96.8 cm³/mol. The van der Waals surface area contributed by atoms with E-state index in [4.69, 9.17) is 0 Å². The summed E-state index contributed by atoms with van der Waals surface area (Å²) in [5, 5.41) is 5.50. The Morgan fingerprint density at radius 3 is 2.88 bits per heavy atom. The zero-order valence-electron chi connectivity index (χ0n) is 13.4. The van der Waals surface area contributed by atoms with Crippen LogP contribution in [0, 0.1) is 0 Å². The first-order chi connectivity index (χ1) is 11.5. The first-order valence-electron chi connectivity index (χ1n) is 7.28. The van der Waals surface area contributed by atoms with E-state index in [2.05, 4.69) is 22.2 Å². The van der Waals surface area contributed by atoms with E-state index in [1.165, 1.54) is 23.0 Å². The molecule has 0 aliphatic carbocycles. The van der Waals surface area contributed by atoms with Gasteiger partial charge in [0.1, 0.15) is 4.83 Å². The number of aryl methyl sites for hydroxylation is 1. The molecule has 0 radical (unpaired) electrons. The second-order valence-corrected chi connectivity index (χ2v) is 6.86. The number of aromatic nitrogens is 2. The van der Waals surface area contributed by atoms with E-state index < -0.39 is 11.9 Å². The van der Waals surface area contributed by atoms with Gasteiger partial charge < -0.3 is 5.32 Å². The first-order valence-corrected chi connectivity index (χ1v) is 9.08. The lowest BCUT2D eigenvalue weighted by atomic mass is 10.3. The highest BCUT2D eigenvalue weighted by molar-refractivity contribution is 7.99. The van der Waals surface area contributed by atoms with Gasteiger partial charge in [-0.1, -0.05) is 24.8 Å². The summed E-state index contributed by atoms with van der Waals surface area (Å²) in [4.78, 5) is 41.8. The molecule has 0 saturated carbocycles. The maximum absolute atomic E-state index is 12.6.